The minimum Gasteiger partial charge on any atom is -0.337 e. The van der Waals surface area contributed by atoms with Crippen molar-refractivity contribution in [2.75, 3.05) is 11.9 Å². The van der Waals surface area contributed by atoms with Crippen molar-refractivity contribution in [2.45, 2.75) is 13.0 Å². The molecule has 6 nitrogen and oxygen atoms in total. The Morgan fingerprint density at radius 3 is 2.46 bits per heavy atom. The van der Waals surface area contributed by atoms with E-state index in [1.165, 1.54) is 5.56 Å². The van der Waals surface area contributed by atoms with E-state index in [0.29, 0.717) is 19.5 Å². The van der Waals surface area contributed by atoms with Crippen LogP contribution in [0.5, 0.6) is 0 Å². The van der Waals surface area contributed by atoms with Gasteiger partial charge in [0.2, 0.25) is 0 Å². The highest BCUT2D eigenvalue weighted by molar-refractivity contribution is 5.89. The van der Waals surface area contributed by atoms with Crippen LogP contribution in [-0.4, -0.2) is 27.1 Å². The Morgan fingerprint density at radius 2 is 1.68 bits per heavy atom. The zero-order valence-electron chi connectivity index (χ0n) is 15.4. The van der Waals surface area contributed by atoms with Crippen molar-refractivity contribution in [1.29, 1.82) is 0 Å². The first-order chi connectivity index (χ1) is 13.8. The molecule has 4 rings (SSSR count). The second-order valence-corrected chi connectivity index (χ2v) is 6.44. The first-order valence-electron chi connectivity index (χ1n) is 9.23. The van der Waals surface area contributed by atoms with Crippen LogP contribution in [0.15, 0.2) is 79.0 Å². The first kappa shape index (κ1) is 17.7. The minimum absolute atomic E-state index is 0.227. The van der Waals surface area contributed by atoms with Crippen molar-refractivity contribution in [3.8, 4) is 0 Å². The van der Waals surface area contributed by atoms with E-state index in [1.807, 2.05) is 60.7 Å². The number of urea groups is 1. The topological polar surface area (TPSA) is 71.8 Å². The van der Waals surface area contributed by atoms with Gasteiger partial charge in [-0.2, -0.15) is 0 Å². The van der Waals surface area contributed by atoms with Gasteiger partial charge >= 0.3 is 6.03 Å². The standard InChI is InChI=1S/C22H21N5O/c28-22(25-18-10-5-2-6-11-18)24-15-13-20-26-19-12-7-14-23-21(19)27(20)16-17-8-3-1-4-9-17/h1-12,14H,13,15-16H2,(H2,24,25,28). The molecular weight excluding hydrogens is 350 g/mol. The van der Waals surface area contributed by atoms with E-state index < -0.39 is 0 Å². The first-order valence-corrected chi connectivity index (χ1v) is 9.23. The summed E-state index contributed by atoms with van der Waals surface area (Å²) in [6, 6.07) is 23.2. The maximum atomic E-state index is 12.1. The Morgan fingerprint density at radius 1 is 0.929 bits per heavy atom. The average molecular weight is 371 g/mol. The fraction of sp³-hybridized carbons (Fsp3) is 0.136. The quantitative estimate of drug-likeness (QED) is 0.541. The highest BCUT2D eigenvalue weighted by atomic mass is 16.2. The third-order valence-electron chi connectivity index (χ3n) is 4.43. The van der Waals surface area contributed by atoms with Gasteiger partial charge in [-0.15, -0.1) is 0 Å². The molecule has 0 saturated heterocycles. The highest BCUT2D eigenvalue weighted by Crippen LogP contribution is 2.16. The van der Waals surface area contributed by atoms with Gasteiger partial charge in [-0.05, 0) is 29.8 Å². The summed E-state index contributed by atoms with van der Waals surface area (Å²) >= 11 is 0. The molecule has 2 amide bonds. The van der Waals surface area contributed by atoms with Gasteiger partial charge in [0.15, 0.2) is 5.65 Å². The van der Waals surface area contributed by atoms with Crippen molar-refractivity contribution >= 4 is 22.9 Å². The Balaban J connectivity index is 1.46. The molecule has 0 radical (unpaired) electrons. The molecule has 0 atom stereocenters. The number of amides is 2. The highest BCUT2D eigenvalue weighted by Gasteiger charge is 2.12. The van der Waals surface area contributed by atoms with E-state index in [4.69, 9.17) is 4.98 Å². The number of pyridine rings is 1. The lowest BCUT2D eigenvalue weighted by Crippen LogP contribution is -2.31. The fourth-order valence-electron chi connectivity index (χ4n) is 3.11. The summed E-state index contributed by atoms with van der Waals surface area (Å²) in [5.74, 6) is 0.901. The number of rotatable bonds is 6. The molecule has 6 heteroatoms. The molecule has 0 unspecified atom stereocenters. The number of fused-ring (bicyclic) bond motifs is 1. The monoisotopic (exact) mass is 371 g/mol. The Labute approximate surface area is 163 Å². The number of carbonyl (C=O) groups is 1. The number of imidazole rings is 1. The Kier molecular flexibility index (Phi) is 5.29. The van der Waals surface area contributed by atoms with Crippen LogP contribution in [0.2, 0.25) is 0 Å². The minimum atomic E-state index is -0.227. The van der Waals surface area contributed by atoms with Crippen molar-refractivity contribution in [3.05, 3.63) is 90.4 Å². The van der Waals surface area contributed by atoms with E-state index in [-0.39, 0.29) is 6.03 Å². The molecule has 2 heterocycles. The largest absolute Gasteiger partial charge is 0.337 e. The van der Waals surface area contributed by atoms with Crippen LogP contribution in [0.3, 0.4) is 0 Å². The number of nitrogens with zero attached hydrogens (tertiary/aromatic N) is 3. The smallest absolute Gasteiger partial charge is 0.319 e. The number of para-hydroxylation sites is 1. The van der Waals surface area contributed by atoms with Gasteiger partial charge in [-0.3, -0.25) is 0 Å². The van der Waals surface area contributed by atoms with Gasteiger partial charge in [0.25, 0.3) is 0 Å². The molecule has 140 valence electrons. The van der Waals surface area contributed by atoms with Crippen LogP contribution in [0, 0.1) is 0 Å². The summed E-state index contributed by atoms with van der Waals surface area (Å²) in [5, 5.41) is 5.71. The Bertz CT molecular complexity index is 1060. The second kappa shape index (κ2) is 8.35. The number of aromatic nitrogens is 3. The summed E-state index contributed by atoms with van der Waals surface area (Å²) in [7, 11) is 0. The van der Waals surface area contributed by atoms with Crippen molar-refractivity contribution in [1.82, 2.24) is 19.9 Å². The van der Waals surface area contributed by atoms with Crippen molar-refractivity contribution in [2.24, 2.45) is 0 Å². The predicted octanol–water partition coefficient (Wildman–Crippen LogP) is 3.84. The molecule has 0 saturated carbocycles. The van der Waals surface area contributed by atoms with E-state index in [1.54, 1.807) is 6.20 Å². The fourth-order valence-corrected chi connectivity index (χ4v) is 3.11. The van der Waals surface area contributed by atoms with E-state index in [9.17, 15) is 4.79 Å². The molecule has 2 aromatic heterocycles. The molecule has 28 heavy (non-hydrogen) atoms. The number of nitrogens with one attached hydrogen (secondary N) is 2. The van der Waals surface area contributed by atoms with Crippen LogP contribution in [0.1, 0.15) is 11.4 Å². The summed E-state index contributed by atoms with van der Waals surface area (Å²) in [5.41, 5.74) is 3.67. The molecule has 0 fully saturated rings. The molecular formula is C22H21N5O. The number of benzene rings is 2. The molecule has 2 N–H and O–H groups in total. The second-order valence-electron chi connectivity index (χ2n) is 6.44. The lowest BCUT2D eigenvalue weighted by molar-refractivity contribution is 0.252. The molecule has 2 aromatic carbocycles. The maximum Gasteiger partial charge on any atom is 0.319 e. The van der Waals surface area contributed by atoms with E-state index in [0.717, 1.165) is 22.7 Å². The molecule has 0 aliphatic heterocycles. The van der Waals surface area contributed by atoms with Gasteiger partial charge in [0.05, 0.1) is 6.54 Å². The van der Waals surface area contributed by atoms with Crippen molar-refractivity contribution in [3.63, 3.8) is 0 Å². The summed E-state index contributed by atoms with van der Waals surface area (Å²) in [4.78, 5) is 21.3. The third kappa shape index (κ3) is 4.17. The number of anilines is 1. The number of hydrogen-bond acceptors (Lipinski definition) is 3. The summed E-state index contributed by atoms with van der Waals surface area (Å²) in [6.45, 7) is 1.18. The van der Waals surface area contributed by atoms with Crippen LogP contribution < -0.4 is 10.6 Å². The van der Waals surface area contributed by atoms with Crippen LogP contribution >= 0.6 is 0 Å². The normalized spacial score (nSPS) is 10.7. The molecule has 0 aliphatic rings. The average Bonchev–Trinajstić information content (AvgIpc) is 3.07. The number of carbonyl (C=O) groups excluding carboxylic acids is 1. The molecule has 4 aromatic rings. The zero-order valence-corrected chi connectivity index (χ0v) is 15.4. The number of hydrogen-bond donors (Lipinski definition) is 2. The molecule has 0 aliphatic carbocycles. The molecule has 0 spiro atoms. The van der Waals surface area contributed by atoms with Gasteiger partial charge in [0.1, 0.15) is 11.3 Å². The lowest BCUT2D eigenvalue weighted by Gasteiger charge is -2.10. The summed E-state index contributed by atoms with van der Waals surface area (Å²) in [6.07, 6.45) is 2.40. The van der Waals surface area contributed by atoms with Gasteiger partial charge in [0, 0.05) is 24.8 Å². The summed E-state index contributed by atoms with van der Waals surface area (Å²) < 4.78 is 2.11. The SMILES string of the molecule is O=C(NCCc1nc2cccnc2n1Cc1ccccc1)Nc1ccccc1. The van der Waals surface area contributed by atoms with Gasteiger partial charge in [-0.1, -0.05) is 48.5 Å². The Hall–Kier alpha value is -3.67. The third-order valence-corrected chi connectivity index (χ3v) is 4.43. The van der Waals surface area contributed by atoms with Crippen molar-refractivity contribution < 1.29 is 4.79 Å². The van der Waals surface area contributed by atoms with E-state index in [2.05, 4.69) is 32.3 Å². The molecule has 0 bridgehead atoms. The predicted molar refractivity (Wildman–Crippen MR) is 110 cm³/mol. The van der Waals surface area contributed by atoms with Gasteiger partial charge < -0.3 is 15.2 Å². The van der Waals surface area contributed by atoms with Crippen LogP contribution in [0.25, 0.3) is 11.2 Å². The van der Waals surface area contributed by atoms with E-state index >= 15 is 0 Å². The lowest BCUT2D eigenvalue weighted by atomic mass is 10.2. The van der Waals surface area contributed by atoms with Gasteiger partial charge in [-0.25, -0.2) is 14.8 Å². The van der Waals surface area contributed by atoms with Crippen LogP contribution in [-0.2, 0) is 13.0 Å². The van der Waals surface area contributed by atoms with Crippen LogP contribution in [0.4, 0.5) is 10.5 Å². The maximum absolute atomic E-state index is 12.1. The zero-order chi connectivity index (χ0) is 19.2.